The second-order valence-corrected chi connectivity index (χ2v) is 5.86. The van der Waals surface area contributed by atoms with E-state index in [2.05, 4.69) is 15.0 Å². The third-order valence-electron chi connectivity index (χ3n) is 3.59. The first-order valence-corrected chi connectivity index (χ1v) is 8.05. The Kier molecular flexibility index (Phi) is 5.34. The number of hydrogen-bond acceptors (Lipinski definition) is 5. The number of carbonyl (C=O) groups excluding carboxylic acids is 1. The highest BCUT2D eigenvalue weighted by Crippen LogP contribution is 2.29. The van der Waals surface area contributed by atoms with Gasteiger partial charge >= 0.3 is 6.18 Å². The largest absolute Gasteiger partial charge is 0.456 e. The number of hydrogen-bond donors (Lipinski definition) is 0. The Labute approximate surface area is 157 Å². The molecule has 0 unspecified atom stereocenters. The molecule has 28 heavy (non-hydrogen) atoms. The van der Waals surface area contributed by atoms with Gasteiger partial charge in [-0.3, -0.25) is 4.79 Å². The lowest BCUT2D eigenvalue weighted by Crippen LogP contribution is -2.09. The summed E-state index contributed by atoms with van der Waals surface area (Å²) in [7, 11) is 0. The molecule has 3 aromatic heterocycles. The fraction of sp³-hybridized carbons (Fsp3) is 0.158. The third kappa shape index (κ3) is 4.87. The number of alkyl halides is 3. The summed E-state index contributed by atoms with van der Waals surface area (Å²) in [6.07, 6.45) is -3.76. The molecular formula is C19H13F4N3O2. The minimum Gasteiger partial charge on any atom is -0.456 e. The molecule has 0 fully saturated rings. The van der Waals surface area contributed by atoms with Crippen LogP contribution in [0, 0.1) is 12.9 Å². The molecule has 0 spiro atoms. The molecular weight excluding hydrogens is 378 g/mol. The summed E-state index contributed by atoms with van der Waals surface area (Å²) < 4.78 is 56.3. The Morgan fingerprint density at radius 2 is 1.86 bits per heavy atom. The second kappa shape index (κ2) is 7.71. The van der Waals surface area contributed by atoms with Crippen LogP contribution in [-0.2, 0) is 12.6 Å². The van der Waals surface area contributed by atoms with Gasteiger partial charge in [0.25, 0.3) is 0 Å². The highest BCUT2D eigenvalue weighted by atomic mass is 19.4. The van der Waals surface area contributed by atoms with Gasteiger partial charge in [0.2, 0.25) is 5.95 Å². The van der Waals surface area contributed by atoms with Gasteiger partial charge in [-0.2, -0.15) is 17.6 Å². The first kappa shape index (κ1) is 19.4. The van der Waals surface area contributed by atoms with E-state index < -0.39 is 23.6 Å². The van der Waals surface area contributed by atoms with Crippen LogP contribution in [0.4, 0.5) is 17.6 Å². The number of pyridine rings is 3. The van der Waals surface area contributed by atoms with Crippen LogP contribution in [0.25, 0.3) is 0 Å². The highest BCUT2D eigenvalue weighted by Gasteiger charge is 2.32. The number of nitrogens with zero attached hydrogens (tertiary/aromatic N) is 3. The fourth-order valence-corrected chi connectivity index (χ4v) is 2.39. The average molecular weight is 391 g/mol. The lowest BCUT2D eigenvalue weighted by atomic mass is 10.1. The second-order valence-electron chi connectivity index (χ2n) is 5.86. The number of ketones is 1. The lowest BCUT2D eigenvalue weighted by Gasteiger charge is -2.10. The molecule has 0 aliphatic heterocycles. The van der Waals surface area contributed by atoms with Crippen LogP contribution in [0.2, 0.25) is 0 Å². The Balaban J connectivity index is 1.78. The van der Waals surface area contributed by atoms with E-state index >= 15 is 0 Å². The summed E-state index contributed by atoms with van der Waals surface area (Å²) in [5.41, 5.74) is -0.249. The molecule has 3 rings (SSSR count). The number of Topliss-reactive ketones (excluding diaryl/α,β-unsaturated/α-hetero) is 1. The number of halogens is 4. The molecule has 3 heterocycles. The van der Waals surface area contributed by atoms with Crippen molar-refractivity contribution < 1.29 is 27.1 Å². The smallest absolute Gasteiger partial charge is 0.433 e. The minimum atomic E-state index is -4.55. The van der Waals surface area contributed by atoms with Gasteiger partial charge in [-0.25, -0.2) is 15.0 Å². The van der Waals surface area contributed by atoms with Crippen molar-refractivity contribution >= 4 is 5.78 Å². The van der Waals surface area contributed by atoms with Gasteiger partial charge in [0.15, 0.2) is 5.78 Å². The molecule has 0 aliphatic carbocycles. The van der Waals surface area contributed by atoms with Gasteiger partial charge in [0.05, 0.1) is 18.3 Å². The maximum Gasteiger partial charge on any atom is 0.433 e. The highest BCUT2D eigenvalue weighted by molar-refractivity contribution is 5.95. The molecule has 0 saturated carbocycles. The molecule has 144 valence electrons. The van der Waals surface area contributed by atoms with E-state index in [0.29, 0.717) is 5.69 Å². The lowest BCUT2D eigenvalue weighted by molar-refractivity contribution is -0.141. The standard InChI is InChI=1S/C19H13F4N3O2/c1-11-7-14(28-13-5-6-17(24-10-13)19(21,22)23)9-15(25-11)16(27)8-12-3-2-4-18(20)26-12/h2-7,9-10H,8H2,1H3. The van der Waals surface area contributed by atoms with E-state index in [1.54, 1.807) is 6.92 Å². The number of rotatable bonds is 5. The fourth-order valence-electron chi connectivity index (χ4n) is 2.39. The van der Waals surface area contributed by atoms with Crippen LogP contribution in [0.5, 0.6) is 11.5 Å². The Morgan fingerprint density at radius 3 is 2.50 bits per heavy atom. The number of aromatic nitrogens is 3. The molecule has 0 aliphatic rings. The summed E-state index contributed by atoms with van der Waals surface area (Å²) in [5.74, 6) is -0.813. The van der Waals surface area contributed by atoms with Gasteiger partial charge < -0.3 is 4.74 Å². The molecule has 5 nitrogen and oxygen atoms in total. The van der Waals surface area contributed by atoms with Crippen molar-refractivity contribution in [2.24, 2.45) is 0 Å². The molecule has 0 radical (unpaired) electrons. The number of ether oxygens (including phenoxy) is 1. The Morgan fingerprint density at radius 1 is 1.07 bits per heavy atom. The Hall–Kier alpha value is -3.36. The summed E-state index contributed by atoms with van der Waals surface area (Å²) in [4.78, 5) is 23.5. The summed E-state index contributed by atoms with van der Waals surface area (Å²) >= 11 is 0. The SMILES string of the molecule is Cc1cc(Oc2ccc(C(F)(F)F)nc2)cc(C(=O)Cc2cccc(F)n2)n1. The third-order valence-corrected chi connectivity index (χ3v) is 3.59. The maximum atomic E-state index is 13.2. The van der Waals surface area contributed by atoms with Gasteiger partial charge in [0.1, 0.15) is 22.9 Å². The summed E-state index contributed by atoms with van der Waals surface area (Å²) in [6, 6.07) is 8.93. The quantitative estimate of drug-likeness (QED) is 0.363. The monoisotopic (exact) mass is 391 g/mol. The van der Waals surface area contributed by atoms with E-state index in [1.165, 1.54) is 30.3 Å². The average Bonchev–Trinajstić information content (AvgIpc) is 2.61. The van der Waals surface area contributed by atoms with Crippen molar-refractivity contribution in [2.75, 3.05) is 0 Å². The molecule has 3 aromatic rings. The van der Waals surface area contributed by atoms with Crippen molar-refractivity contribution in [3.63, 3.8) is 0 Å². The Bertz CT molecular complexity index is 1000. The predicted molar refractivity (Wildman–Crippen MR) is 90.5 cm³/mol. The van der Waals surface area contributed by atoms with E-state index in [-0.39, 0.29) is 29.3 Å². The predicted octanol–water partition coefficient (Wildman–Crippen LogP) is 4.56. The van der Waals surface area contributed by atoms with E-state index in [4.69, 9.17) is 4.74 Å². The van der Waals surface area contributed by atoms with Gasteiger partial charge in [-0.1, -0.05) is 6.07 Å². The van der Waals surface area contributed by atoms with Crippen molar-refractivity contribution in [1.82, 2.24) is 15.0 Å². The van der Waals surface area contributed by atoms with E-state index in [0.717, 1.165) is 18.3 Å². The van der Waals surface area contributed by atoms with Crippen LogP contribution in [-0.4, -0.2) is 20.7 Å². The number of carbonyl (C=O) groups is 1. The van der Waals surface area contributed by atoms with E-state index in [1.807, 2.05) is 0 Å². The molecule has 0 saturated heterocycles. The summed E-state index contributed by atoms with van der Waals surface area (Å²) in [5, 5.41) is 0. The molecule has 0 amide bonds. The van der Waals surface area contributed by atoms with Crippen LogP contribution in [0.15, 0.2) is 48.7 Å². The van der Waals surface area contributed by atoms with Gasteiger partial charge in [-0.15, -0.1) is 0 Å². The van der Waals surface area contributed by atoms with Crippen molar-refractivity contribution in [1.29, 1.82) is 0 Å². The topological polar surface area (TPSA) is 65.0 Å². The van der Waals surface area contributed by atoms with Crippen LogP contribution in [0.1, 0.15) is 27.6 Å². The normalized spacial score (nSPS) is 11.3. The van der Waals surface area contributed by atoms with Crippen LogP contribution in [0.3, 0.4) is 0 Å². The maximum absolute atomic E-state index is 13.2. The molecule has 0 atom stereocenters. The zero-order valence-corrected chi connectivity index (χ0v) is 14.5. The van der Waals surface area contributed by atoms with E-state index in [9.17, 15) is 22.4 Å². The van der Waals surface area contributed by atoms with Gasteiger partial charge in [0, 0.05) is 17.8 Å². The zero-order chi connectivity index (χ0) is 20.3. The van der Waals surface area contributed by atoms with Crippen molar-refractivity contribution in [3.05, 3.63) is 77.4 Å². The first-order valence-electron chi connectivity index (χ1n) is 8.05. The van der Waals surface area contributed by atoms with Gasteiger partial charge in [-0.05, 0) is 31.2 Å². The van der Waals surface area contributed by atoms with Crippen LogP contribution < -0.4 is 4.74 Å². The zero-order valence-electron chi connectivity index (χ0n) is 14.5. The first-order chi connectivity index (χ1) is 13.2. The van der Waals surface area contributed by atoms with Crippen molar-refractivity contribution in [3.8, 4) is 11.5 Å². The number of aryl methyl sites for hydroxylation is 1. The summed E-state index contributed by atoms with van der Waals surface area (Å²) in [6.45, 7) is 1.63. The van der Waals surface area contributed by atoms with Crippen LogP contribution >= 0.6 is 0 Å². The van der Waals surface area contributed by atoms with Crippen molar-refractivity contribution in [2.45, 2.75) is 19.5 Å². The minimum absolute atomic E-state index is 0.0703. The molecule has 0 bridgehead atoms. The molecule has 0 N–H and O–H groups in total. The molecule has 0 aromatic carbocycles. The molecule has 9 heteroatoms.